The number of Topliss-reactive ketones (excluding diaryl/α,β-unsaturated/α-hetero) is 1. The predicted octanol–water partition coefficient (Wildman–Crippen LogP) is 1.94. The van der Waals surface area contributed by atoms with Crippen LogP contribution in [0.2, 0.25) is 0 Å². The smallest absolute Gasteiger partial charge is 0.220 e. The van der Waals surface area contributed by atoms with Gasteiger partial charge in [0.1, 0.15) is 0 Å². The van der Waals surface area contributed by atoms with Gasteiger partial charge in [0, 0.05) is 35.9 Å². The van der Waals surface area contributed by atoms with Crippen molar-refractivity contribution < 1.29 is 9.59 Å². The fourth-order valence-electron chi connectivity index (χ4n) is 2.00. The fraction of sp³-hybridized carbons (Fsp3) is 0.467. The molecule has 0 radical (unpaired) electrons. The summed E-state index contributed by atoms with van der Waals surface area (Å²) in [5.74, 6) is 0.0894. The van der Waals surface area contributed by atoms with E-state index in [1.165, 1.54) is 6.92 Å². The zero-order valence-electron chi connectivity index (χ0n) is 11.7. The normalized spacial score (nSPS) is 13.8. The Labute approximate surface area is 118 Å². The molecule has 1 aliphatic carbocycles. The van der Waals surface area contributed by atoms with Crippen LogP contribution in [0.25, 0.3) is 0 Å². The second-order valence-electron chi connectivity index (χ2n) is 5.23. The third-order valence-corrected chi connectivity index (χ3v) is 3.28. The topological polar surface area (TPSA) is 84.2 Å². The van der Waals surface area contributed by atoms with E-state index in [1.54, 1.807) is 12.1 Å². The molecular formula is C15H21N3O2. The van der Waals surface area contributed by atoms with E-state index in [0.29, 0.717) is 30.3 Å². The van der Waals surface area contributed by atoms with Crippen molar-refractivity contribution in [3.63, 3.8) is 0 Å². The van der Waals surface area contributed by atoms with Crippen molar-refractivity contribution in [3.05, 3.63) is 23.8 Å². The Hall–Kier alpha value is -2.04. The van der Waals surface area contributed by atoms with Gasteiger partial charge in [-0.15, -0.1) is 0 Å². The lowest BCUT2D eigenvalue weighted by atomic mass is 10.1. The molecule has 1 amide bonds. The number of hydrogen-bond acceptors (Lipinski definition) is 4. The quantitative estimate of drug-likeness (QED) is 0.403. The van der Waals surface area contributed by atoms with Gasteiger partial charge in [-0.2, -0.15) is 0 Å². The highest BCUT2D eigenvalue weighted by molar-refractivity contribution is 5.99. The van der Waals surface area contributed by atoms with Crippen molar-refractivity contribution in [2.24, 2.45) is 0 Å². The number of carbonyl (C=O) groups excluding carboxylic acids is 2. The number of rotatable bonds is 7. The number of anilines is 2. The molecule has 1 aliphatic rings. The van der Waals surface area contributed by atoms with E-state index >= 15 is 0 Å². The minimum Gasteiger partial charge on any atom is -0.398 e. The van der Waals surface area contributed by atoms with E-state index in [2.05, 4.69) is 10.6 Å². The summed E-state index contributed by atoms with van der Waals surface area (Å²) < 4.78 is 0. The summed E-state index contributed by atoms with van der Waals surface area (Å²) in [6.45, 7) is 2.20. The summed E-state index contributed by atoms with van der Waals surface area (Å²) in [4.78, 5) is 22.7. The lowest BCUT2D eigenvalue weighted by molar-refractivity contribution is -0.121. The number of hydrogen-bond donors (Lipinski definition) is 3. The molecule has 0 spiro atoms. The molecule has 108 valence electrons. The van der Waals surface area contributed by atoms with Crippen molar-refractivity contribution in [1.29, 1.82) is 0 Å². The van der Waals surface area contributed by atoms with Crippen LogP contribution in [0.15, 0.2) is 18.2 Å². The first-order valence-electron chi connectivity index (χ1n) is 7.00. The number of nitrogen functional groups attached to an aromatic ring is 1. The van der Waals surface area contributed by atoms with Crippen molar-refractivity contribution in [1.82, 2.24) is 5.32 Å². The Balaban J connectivity index is 1.72. The molecule has 0 unspecified atom stereocenters. The average molecular weight is 275 g/mol. The summed E-state index contributed by atoms with van der Waals surface area (Å²) in [7, 11) is 0. The van der Waals surface area contributed by atoms with Gasteiger partial charge in [-0.25, -0.2) is 0 Å². The monoisotopic (exact) mass is 275 g/mol. The second kappa shape index (κ2) is 6.41. The highest BCUT2D eigenvalue weighted by atomic mass is 16.1. The number of nitrogens with two attached hydrogens (primary N) is 1. The summed E-state index contributed by atoms with van der Waals surface area (Å²) in [5, 5.41) is 6.16. The van der Waals surface area contributed by atoms with Gasteiger partial charge in [0.2, 0.25) is 5.91 Å². The number of nitrogens with one attached hydrogen (secondary N) is 2. The lowest BCUT2D eigenvalue weighted by Gasteiger charge is -2.09. The van der Waals surface area contributed by atoms with E-state index in [9.17, 15) is 9.59 Å². The minimum absolute atomic E-state index is 0.0363. The molecular weight excluding hydrogens is 254 g/mol. The van der Waals surface area contributed by atoms with Gasteiger partial charge < -0.3 is 16.4 Å². The Kier molecular flexibility index (Phi) is 4.61. The Morgan fingerprint density at radius 2 is 2.10 bits per heavy atom. The Morgan fingerprint density at radius 3 is 2.70 bits per heavy atom. The molecule has 0 aliphatic heterocycles. The molecule has 1 aromatic rings. The van der Waals surface area contributed by atoms with Gasteiger partial charge >= 0.3 is 0 Å². The standard InChI is InChI=1S/C15H21N3O2/c1-10(19)13-7-6-12(9-14(13)16)17-8-2-3-15(20)18-11-4-5-11/h6-7,9,11,17H,2-5,8,16H2,1H3,(H,18,20). The maximum absolute atomic E-state index is 11.5. The van der Waals surface area contributed by atoms with Gasteiger partial charge in [0.25, 0.3) is 0 Å². The summed E-state index contributed by atoms with van der Waals surface area (Å²) in [6, 6.07) is 5.73. The first-order valence-corrected chi connectivity index (χ1v) is 7.00. The van der Waals surface area contributed by atoms with E-state index in [-0.39, 0.29) is 11.7 Å². The van der Waals surface area contributed by atoms with Crippen LogP contribution < -0.4 is 16.4 Å². The zero-order chi connectivity index (χ0) is 14.5. The molecule has 0 atom stereocenters. The molecule has 2 rings (SSSR count). The number of carbonyl (C=O) groups is 2. The molecule has 0 heterocycles. The van der Waals surface area contributed by atoms with Crippen LogP contribution in [0, 0.1) is 0 Å². The maximum atomic E-state index is 11.5. The molecule has 0 saturated heterocycles. The SMILES string of the molecule is CC(=O)c1ccc(NCCCC(=O)NC2CC2)cc1N. The molecule has 1 aromatic carbocycles. The molecule has 20 heavy (non-hydrogen) atoms. The van der Waals surface area contributed by atoms with Gasteiger partial charge in [-0.05, 0) is 44.4 Å². The van der Waals surface area contributed by atoms with Crippen LogP contribution in [0.5, 0.6) is 0 Å². The Morgan fingerprint density at radius 1 is 1.35 bits per heavy atom. The first-order chi connectivity index (χ1) is 9.56. The number of amides is 1. The van der Waals surface area contributed by atoms with E-state index in [0.717, 1.165) is 24.9 Å². The molecule has 4 N–H and O–H groups in total. The molecule has 5 heteroatoms. The summed E-state index contributed by atoms with van der Waals surface area (Å²) in [6.07, 6.45) is 3.54. The highest BCUT2D eigenvalue weighted by Gasteiger charge is 2.22. The van der Waals surface area contributed by atoms with Crippen molar-refractivity contribution in [2.75, 3.05) is 17.6 Å². The van der Waals surface area contributed by atoms with Crippen molar-refractivity contribution >= 4 is 23.1 Å². The van der Waals surface area contributed by atoms with E-state index < -0.39 is 0 Å². The third kappa shape index (κ3) is 4.26. The van der Waals surface area contributed by atoms with E-state index in [1.807, 2.05) is 6.07 Å². The van der Waals surface area contributed by atoms with Crippen LogP contribution in [-0.2, 0) is 4.79 Å². The molecule has 0 bridgehead atoms. The van der Waals surface area contributed by atoms with Crippen molar-refractivity contribution in [3.8, 4) is 0 Å². The van der Waals surface area contributed by atoms with Gasteiger partial charge in [0.05, 0.1) is 0 Å². The summed E-state index contributed by atoms with van der Waals surface area (Å²) in [5.41, 5.74) is 7.70. The van der Waals surface area contributed by atoms with Gasteiger partial charge in [-0.3, -0.25) is 9.59 Å². The first kappa shape index (κ1) is 14.4. The number of ketones is 1. The molecule has 1 saturated carbocycles. The molecule has 5 nitrogen and oxygen atoms in total. The maximum Gasteiger partial charge on any atom is 0.220 e. The zero-order valence-corrected chi connectivity index (χ0v) is 11.7. The lowest BCUT2D eigenvalue weighted by Crippen LogP contribution is -2.25. The third-order valence-electron chi connectivity index (χ3n) is 3.28. The Bertz CT molecular complexity index is 510. The minimum atomic E-state index is -0.0363. The van der Waals surface area contributed by atoms with Crippen LogP contribution >= 0.6 is 0 Å². The van der Waals surface area contributed by atoms with Gasteiger partial charge in [0.15, 0.2) is 5.78 Å². The number of benzene rings is 1. The van der Waals surface area contributed by atoms with Gasteiger partial charge in [-0.1, -0.05) is 0 Å². The largest absolute Gasteiger partial charge is 0.398 e. The van der Waals surface area contributed by atoms with Crippen LogP contribution in [0.4, 0.5) is 11.4 Å². The highest BCUT2D eigenvalue weighted by Crippen LogP contribution is 2.19. The van der Waals surface area contributed by atoms with Crippen LogP contribution in [0.1, 0.15) is 43.0 Å². The van der Waals surface area contributed by atoms with E-state index in [4.69, 9.17) is 5.73 Å². The second-order valence-corrected chi connectivity index (χ2v) is 5.23. The summed E-state index contributed by atoms with van der Waals surface area (Å²) >= 11 is 0. The molecule has 1 fully saturated rings. The fourth-order valence-corrected chi connectivity index (χ4v) is 2.00. The predicted molar refractivity (Wildman–Crippen MR) is 79.7 cm³/mol. The average Bonchev–Trinajstić information content (AvgIpc) is 3.18. The van der Waals surface area contributed by atoms with Crippen LogP contribution in [-0.4, -0.2) is 24.3 Å². The van der Waals surface area contributed by atoms with Crippen LogP contribution in [0.3, 0.4) is 0 Å². The molecule has 0 aromatic heterocycles. The van der Waals surface area contributed by atoms with Crippen molar-refractivity contribution in [2.45, 2.75) is 38.6 Å².